The van der Waals surface area contributed by atoms with Crippen LogP contribution in [0.1, 0.15) is 30.3 Å². The Labute approximate surface area is 60.0 Å². The molecule has 0 bridgehead atoms. The molecule has 0 aromatic carbocycles. The SMILES string of the molecule is Cc1nnn(C2CC2)c1C. The molecule has 10 heavy (non-hydrogen) atoms. The summed E-state index contributed by atoms with van der Waals surface area (Å²) in [6.45, 7) is 4.08. The number of rotatable bonds is 1. The molecule has 3 heteroatoms. The number of hydrogen-bond acceptors (Lipinski definition) is 2. The Kier molecular flexibility index (Phi) is 1.07. The normalized spacial score (nSPS) is 17.8. The summed E-state index contributed by atoms with van der Waals surface area (Å²) >= 11 is 0. The topological polar surface area (TPSA) is 30.7 Å². The Hall–Kier alpha value is -0.860. The monoisotopic (exact) mass is 137 g/mol. The third-order valence-corrected chi connectivity index (χ3v) is 2.05. The predicted molar refractivity (Wildman–Crippen MR) is 37.8 cm³/mol. The summed E-state index contributed by atoms with van der Waals surface area (Å²) in [5, 5.41) is 8.03. The van der Waals surface area contributed by atoms with E-state index >= 15 is 0 Å². The van der Waals surface area contributed by atoms with E-state index in [9.17, 15) is 0 Å². The van der Waals surface area contributed by atoms with E-state index in [4.69, 9.17) is 0 Å². The van der Waals surface area contributed by atoms with Crippen LogP contribution in [0.15, 0.2) is 0 Å². The standard InChI is InChI=1S/C7H11N3/c1-5-6(2)10(9-8-5)7-3-4-7/h7H,3-4H2,1-2H3. The van der Waals surface area contributed by atoms with Gasteiger partial charge in [0.25, 0.3) is 0 Å². The third kappa shape index (κ3) is 0.735. The van der Waals surface area contributed by atoms with Crippen LogP contribution in [0.2, 0.25) is 0 Å². The van der Waals surface area contributed by atoms with Gasteiger partial charge in [0, 0.05) is 0 Å². The van der Waals surface area contributed by atoms with E-state index in [0.717, 1.165) is 5.69 Å². The molecule has 1 fully saturated rings. The zero-order chi connectivity index (χ0) is 7.14. The maximum absolute atomic E-state index is 4.04. The molecule has 2 rings (SSSR count). The molecule has 0 N–H and O–H groups in total. The molecule has 1 aliphatic carbocycles. The second-order valence-corrected chi connectivity index (χ2v) is 2.94. The van der Waals surface area contributed by atoms with Crippen molar-refractivity contribution in [1.29, 1.82) is 0 Å². The molecule has 0 unspecified atom stereocenters. The third-order valence-electron chi connectivity index (χ3n) is 2.05. The average Bonchev–Trinajstić information content (AvgIpc) is 2.67. The summed E-state index contributed by atoms with van der Waals surface area (Å²) in [7, 11) is 0. The van der Waals surface area contributed by atoms with Gasteiger partial charge in [0.05, 0.1) is 17.4 Å². The van der Waals surface area contributed by atoms with Gasteiger partial charge in [-0.05, 0) is 26.7 Å². The van der Waals surface area contributed by atoms with Crippen LogP contribution < -0.4 is 0 Å². The maximum Gasteiger partial charge on any atom is 0.0825 e. The van der Waals surface area contributed by atoms with Crippen LogP contribution in [-0.4, -0.2) is 15.0 Å². The minimum atomic E-state index is 0.668. The van der Waals surface area contributed by atoms with Gasteiger partial charge in [0.2, 0.25) is 0 Å². The van der Waals surface area contributed by atoms with Crippen molar-refractivity contribution < 1.29 is 0 Å². The van der Waals surface area contributed by atoms with E-state index < -0.39 is 0 Å². The lowest BCUT2D eigenvalue weighted by atomic mass is 10.4. The highest BCUT2D eigenvalue weighted by Crippen LogP contribution is 2.34. The van der Waals surface area contributed by atoms with Crippen molar-refractivity contribution in [2.45, 2.75) is 32.7 Å². The van der Waals surface area contributed by atoms with Gasteiger partial charge >= 0.3 is 0 Å². The van der Waals surface area contributed by atoms with Gasteiger partial charge in [0.1, 0.15) is 0 Å². The first-order chi connectivity index (χ1) is 4.79. The van der Waals surface area contributed by atoms with Crippen LogP contribution in [0.4, 0.5) is 0 Å². The van der Waals surface area contributed by atoms with Gasteiger partial charge in [-0.25, -0.2) is 4.68 Å². The first-order valence-corrected chi connectivity index (χ1v) is 3.67. The number of aryl methyl sites for hydroxylation is 1. The van der Waals surface area contributed by atoms with Crippen LogP contribution in [-0.2, 0) is 0 Å². The van der Waals surface area contributed by atoms with Crippen molar-refractivity contribution in [1.82, 2.24) is 15.0 Å². The van der Waals surface area contributed by atoms with E-state index in [1.807, 2.05) is 11.6 Å². The molecule has 1 saturated carbocycles. The van der Waals surface area contributed by atoms with E-state index in [0.29, 0.717) is 6.04 Å². The summed E-state index contributed by atoms with van der Waals surface area (Å²) < 4.78 is 2.04. The van der Waals surface area contributed by atoms with Crippen LogP contribution in [0, 0.1) is 13.8 Å². The number of nitrogens with zero attached hydrogens (tertiary/aromatic N) is 3. The van der Waals surface area contributed by atoms with Gasteiger partial charge in [-0.1, -0.05) is 5.21 Å². The molecule has 0 atom stereocenters. The molecule has 1 aromatic rings. The van der Waals surface area contributed by atoms with Crippen molar-refractivity contribution in [3.8, 4) is 0 Å². The van der Waals surface area contributed by atoms with Gasteiger partial charge in [0.15, 0.2) is 0 Å². The second-order valence-electron chi connectivity index (χ2n) is 2.94. The highest BCUT2D eigenvalue weighted by molar-refractivity contribution is 5.07. The Balaban J connectivity index is 2.40. The van der Waals surface area contributed by atoms with Crippen LogP contribution in [0.5, 0.6) is 0 Å². The van der Waals surface area contributed by atoms with E-state index in [1.54, 1.807) is 0 Å². The lowest BCUT2D eigenvalue weighted by Crippen LogP contribution is -1.98. The quantitative estimate of drug-likeness (QED) is 0.582. The Bertz CT molecular complexity index is 247. The molecule has 0 spiro atoms. The van der Waals surface area contributed by atoms with Crippen LogP contribution in [0.25, 0.3) is 0 Å². The zero-order valence-corrected chi connectivity index (χ0v) is 6.33. The first kappa shape index (κ1) is 5.89. The van der Waals surface area contributed by atoms with Crippen molar-refractivity contribution in [3.63, 3.8) is 0 Å². The molecule has 54 valence electrons. The minimum Gasteiger partial charge on any atom is -0.246 e. The smallest absolute Gasteiger partial charge is 0.0825 e. The summed E-state index contributed by atoms with van der Waals surface area (Å²) in [5.74, 6) is 0. The van der Waals surface area contributed by atoms with Crippen LogP contribution >= 0.6 is 0 Å². The summed E-state index contributed by atoms with van der Waals surface area (Å²) in [6.07, 6.45) is 2.56. The Morgan fingerprint density at radius 2 is 2.10 bits per heavy atom. The fraction of sp³-hybridized carbons (Fsp3) is 0.714. The molecule has 0 radical (unpaired) electrons. The maximum atomic E-state index is 4.04. The molecule has 0 saturated heterocycles. The molecule has 0 amide bonds. The predicted octanol–water partition coefficient (Wildman–Crippen LogP) is 1.23. The van der Waals surface area contributed by atoms with Crippen molar-refractivity contribution in [2.75, 3.05) is 0 Å². The van der Waals surface area contributed by atoms with Crippen molar-refractivity contribution in [2.24, 2.45) is 0 Å². The highest BCUT2D eigenvalue weighted by atomic mass is 15.4. The van der Waals surface area contributed by atoms with Crippen molar-refractivity contribution >= 4 is 0 Å². The molecule has 3 nitrogen and oxygen atoms in total. The molecular formula is C7H11N3. The molecular weight excluding hydrogens is 126 g/mol. The number of aromatic nitrogens is 3. The van der Waals surface area contributed by atoms with E-state index in [1.165, 1.54) is 18.5 Å². The first-order valence-electron chi connectivity index (χ1n) is 3.67. The largest absolute Gasteiger partial charge is 0.246 e. The highest BCUT2D eigenvalue weighted by Gasteiger charge is 2.26. The summed E-state index contributed by atoms with van der Waals surface area (Å²) in [5.41, 5.74) is 2.29. The molecule has 0 aliphatic heterocycles. The molecule has 1 aromatic heterocycles. The Morgan fingerprint density at radius 3 is 2.50 bits per heavy atom. The Morgan fingerprint density at radius 1 is 1.40 bits per heavy atom. The molecule has 1 heterocycles. The molecule has 1 aliphatic rings. The summed E-state index contributed by atoms with van der Waals surface area (Å²) in [4.78, 5) is 0. The fourth-order valence-electron chi connectivity index (χ4n) is 1.09. The summed E-state index contributed by atoms with van der Waals surface area (Å²) in [6, 6.07) is 0.668. The van der Waals surface area contributed by atoms with E-state index in [2.05, 4.69) is 17.2 Å². The lowest BCUT2D eigenvalue weighted by molar-refractivity contribution is 0.595. The van der Waals surface area contributed by atoms with Crippen molar-refractivity contribution in [3.05, 3.63) is 11.4 Å². The average molecular weight is 137 g/mol. The zero-order valence-electron chi connectivity index (χ0n) is 6.33. The van der Waals surface area contributed by atoms with Gasteiger partial charge in [-0.3, -0.25) is 0 Å². The van der Waals surface area contributed by atoms with Gasteiger partial charge < -0.3 is 0 Å². The van der Waals surface area contributed by atoms with Gasteiger partial charge in [-0.15, -0.1) is 5.10 Å². The van der Waals surface area contributed by atoms with Gasteiger partial charge in [-0.2, -0.15) is 0 Å². The van der Waals surface area contributed by atoms with Crippen LogP contribution in [0.3, 0.4) is 0 Å². The second kappa shape index (κ2) is 1.81. The van der Waals surface area contributed by atoms with E-state index in [-0.39, 0.29) is 0 Å². The fourth-order valence-corrected chi connectivity index (χ4v) is 1.09. The minimum absolute atomic E-state index is 0.668. The lowest BCUT2D eigenvalue weighted by Gasteiger charge is -1.96. The number of hydrogen-bond donors (Lipinski definition) is 0.